The topological polar surface area (TPSA) is 9.86 Å². The Balaban J connectivity index is 1.30. The summed E-state index contributed by atoms with van der Waals surface area (Å²) in [5.41, 5.74) is 8.21. The lowest BCUT2D eigenvalue weighted by Gasteiger charge is -2.11. The Morgan fingerprint density at radius 3 is 1.23 bits per heavy atom. The molecule has 2 nitrogen and oxygen atoms in total. The fourth-order valence-corrected chi connectivity index (χ4v) is 13.7. The van der Waals surface area contributed by atoms with Crippen molar-refractivity contribution in [2.24, 2.45) is 0 Å². The predicted octanol–water partition coefficient (Wildman–Crippen LogP) is 19.3. The van der Waals surface area contributed by atoms with E-state index in [1.165, 1.54) is 82.0 Å². The maximum absolute atomic E-state index is 17.0. The minimum atomic E-state index is -0.181. The number of hydrogen-bond donors (Lipinski definition) is 0. The average Bonchev–Trinajstić information content (AvgIpc) is 4.14. The molecule has 0 N–H and O–H groups in total. The van der Waals surface area contributed by atoms with E-state index < -0.39 is 0 Å². The van der Waals surface area contributed by atoms with Crippen LogP contribution in [0.4, 0.5) is 8.78 Å². The van der Waals surface area contributed by atoms with Crippen molar-refractivity contribution in [2.75, 3.05) is 0 Å². The van der Waals surface area contributed by atoms with E-state index >= 15 is 8.78 Å². The zero-order valence-electron chi connectivity index (χ0n) is 37.4. The number of fused-ring (bicyclic) bond motifs is 5. The highest BCUT2D eigenvalue weighted by molar-refractivity contribution is 7.24. The van der Waals surface area contributed by atoms with Crippen molar-refractivity contribution in [3.8, 4) is 40.4 Å². The summed E-state index contributed by atoms with van der Waals surface area (Å²) in [4.78, 5) is 7.06. The van der Waals surface area contributed by atoms with Gasteiger partial charge in [-0.15, -0.1) is 45.3 Å². The lowest BCUT2D eigenvalue weighted by Crippen LogP contribution is -1.99. The number of rotatable bonds is 24. The van der Waals surface area contributed by atoms with Crippen molar-refractivity contribution in [3.05, 3.63) is 94.2 Å². The van der Waals surface area contributed by atoms with Crippen LogP contribution in [0.2, 0.25) is 0 Å². The highest BCUT2D eigenvalue weighted by Gasteiger charge is 2.26. The maximum atomic E-state index is 17.0. The third-order valence-electron chi connectivity index (χ3n) is 12.7. The Bertz CT molecular complexity index is 2480. The molecule has 0 atom stereocenters. The molecular formula is C54H64F2N2S4. The zero-order chi connectivity index (χ0) is 43.0. The highest BCUT2D eigenvalue weighted by atomic mass is 32.1. The normalized spacial score (nSPS) is 12.0. The highest BCUT2D eigenvalue weighted by Crippen LogP contribution is 2.47. The van der Waals surface area contributed by atoms with Gasteiger partial charge in [-0.2, -0.15) is 0 Å². The van der Waals surface area contributed by atoms with Gasteiger partial charge in [0.2, 0.25) is 0 Å². The quantitative estimate of drug-likeness (QED) is 0.0535. The summed E-state index contributed by atoms with van der Waals surface area (Å²) in [6.07, 6.45) is 20.6. The van der Waals surface area contributed by atoms with E-state index in [4.69, 9.17) is 0 Å². The first-order valence-corrected chi connectivity index (χ1v) is 27.2. The van der Waals surface area contributed by atoms with Crippen LogP contribution < -0.4 is 0 Å². The molecule has 0 aliphatic heterocycles. The second-order valence-corrected chi connectivity index (χ2v) is 21.3. The van der Waals surface area contributed by atoms with Crippen LogP contribution in [0.15, 0.2) is 71.4 Å². The first kappa shape index (κ1) is 45.0. The van der Waals surface area contributed by atoms with Gasteiger partial charge in [-0.1, -0.05) is 117 Å². The molecule has 8 aromatic rings. The second-order valence-electron chi connectivity index (χ2n) is 17.3. The number of unbranched alkanes of at least 4 members (excludes halogenated alkanes) is 12. The van der Waals surface area contributed by atoms with E-state index in [2.05, 4.69) is 96.1 Å². The van der Waals surface area contributed by atoms with E-state index in [0.717, 1.165) is 120 Å². The van der Waals surface area contributed by atoms with E-state index in [-0.39, 0.29) is 11.6 Å². The van der Waals surface area contributed by atoms with Crippen LogP contribution in [0.1, 0.15) is 142 Å². The van der Waals surface area contributed by atoms with Crippen LogP contribution in [-0.4, -0.2) is 9.13 Å². The van der Waals surface area contributed by atoms with Crippen molar-refractivity contribution >= 4 is 78.2 Å². The smallest absolute Gasteiger partial charge is 0.132 e. The predicted molar refractivity (Wildman–Crippen MR) is 272 cm³/mol. The van der Waals surface area contributed by atoms with Crippen LogP contribution in [0.3, 0.4) is 0 Å². The van der Waals surface area contributed by atoms with E-state index in [9.17, 15) is 0 Å². The Labute approximate surface area is 384 Å². The van der Waals surface area contributed by atoms with Crippen molar-refractivity contribution in [1.29, 1.82) is 0 Å². The number of nitrogens with zero attached hydrogens (tertiary/aromatic N) is 2. The Morgan fingerprint density at radius 1 is 0.452 bits per heavy atom. The Kier molecular flexibility index (Phi) is 15.5. The number of thiophene rings is 4. The molecule has 0 aliphatic rings. The van der Waals surface area contributed by atoms with Gasteiger partial charge in [-0.25, -0.2) is 8.78 Å². The summed E-state index contributed by atoms with van der Waals surface area (Å²) in [5.74, 6) is -0.361. The summed E-state index contributed by atoms with van der Waals surface area (Å²) in [5, 5.41) is 6.15. The lowest BCUT2D eigenvalue weighted by atomic mass is 10.0. The summed E-state index contributed by atoms with van der Waals surface area (Å²) < 4.78 is 38.9. The molecule has 0 spiro atoms. The number of aromatic nitrogens is 2. The van der Waals surface area contributed by atoms with Gasteiger partial charge < -0.3 is 9.13 Å². The Hall–Kier alpha value is -3.56. The van der Waals surface area contributed by atoms with E-state index in [1.807, 2.05) is 12.1 Å². The summed E-state index contributed by atoms with van der Waals surface area (Å²) in [7, 11) is 0. The van der Waals surface area contributed by atoms with E-state index in [0.29, 0.717) is 11.1 Å². The largest absolute Gasteiger partial charge is 0.339 e. The van der Waals surface area contributed by atoms with Gasteiger partial charge in [-0.3, -0.25) is 0 Å². The molecule has 328 valence electrons. The molecule has 62 heavy (non-hydrogen) atoms. The Morgan fingerprint density at radius 2 is 0.855 bits per heavy atom. The fraction of sp³-hybridized carbons (Fsp3) is 0.444. The second kappa shape index (κ2) is 21.4. The summed E-state index contributed by atoms with van der Waals surface area (Å²) >= 11 is 7.00. The maximum Gasteiger partial charge on any atom is 0.132 e. The van der Waals surface area contributed by atoms with Crippen molar-refractivity contribution in [2.45, 2.75) is 156 Å². The summed E-state index contributed by atoms with van der Waals surface area (Å²) in [6, 6.07) is 21.1. The summed E-state index contributed by atoms with van der Waals surface area (Å²) in [6.45, 7) is 10.6. The zero-order valence-corrected chi connectivity index (χ0v) is 40.6. The first-order chi connectivity index (χ1) is 30.4. The van der Waals surface area contributed by atoms with Crippen molar-refractivity contribution in [1.82, 2.24) is 9.13 Å². The molecule has 2 aromatic carbocycles. The van der Waals surface area contributed by atoms with Gasteiger partial charge in [-0.05, 0) is 109 Å². The molecule has 8 heteroatoms. The van der Waals surface area contributed by atoms with Crippen LogP contribution in [0.25, 0.3) is 73.2 Å². The molecule has 8 rings (SSSR count). The standard InChI is InChI=1S/C54H64F2N2S4/c1-5-9-13-17-23-37-31-49(61-53(37)47-25-21-29-59-47)39-35-45-41(33-43(39)55)51-52(57(45)27-19-15-11-7-3)42-34-44(56)40(36-46(42)58(51)28-20-16-12-8-4)50-32-38(24-18-14-10-6-2)54(62-50)48-26-22-30-60-48/h21-22,25-26,29-36H,5-20,23-24,27-28H2,1-4H3. The van der Waals surface area contributed by atoms with Gasteiger partial charge in [0, 0.05) is 64.3 Å². The number of aryl methyl sites for hydroxylation is 4. The van der Waals surface area contributed by atoms with Gasteiger partial charge >= 0.3 is 0 Å². The molecule has 6 aromatic heterocycles. The average molecular weight is 907 g/mol. The van der Waals surface area contributed by atoms with Gasteiger partial charge in [0.1, 0.15) is 11.6 Å². The third-order valence-corrected chi connectivity index (χ3v) is 17.3. The molecule has 0 unspecified atom stereocenters. The molecule has 0 saturated heterocycles. The molecule has 0 amide bonds. The fourth-order valence-electron chi connectivity index (χ4n) is 9.44. The molecule has 0 fully saturated rings. The van der Waals surface area contributed by atoms with Crippen molar-refractivity contribution < 1.29 is 8.78 Å². The SMILES string of the molecule is CCCCCCc1cc(-c2cc3c(cc2F)c2c(c4cc(F)c(-c5cc(CCCCCC)c(-c6cccs6)s5)cc4n2CCCCCC)n3CCCCCC)sc1-c1cccs1. The lowest BCUT2D eigenvalue weighted by molar-refractivity contribution is 0.600. The van der Waals surface area contributed by atoms with Gasteiger partial charge in [0.05, 0.1) is 22.1 Å². The molecule has 0 aliphatic carbocycles. The molecule has 0 saturated carbocycles. The molecule has 0 radical (unpaired) electrons. The van der Waals surface area contributed by atoms with Crippen LogP contribution in [0, 0.1) is 11.6 Å². The van der Waals surface area contributed by atoms with E-state index in [1.54, 1.807) is 45.3 Å². The van der Waals surface area contributed by atoms with Crippen LogP contribution >= 0.6 is 45.3 Å². The van der Waals surface area contributed by atoms with Gasteiger partial charge in [0.25, 0.3) is 0 Å². The number of hydrogen-bond acceptors (Lipinski definition) is 4. The number of halogens is 2. The molecular weight excluding hydrogens is 843 g/mol. The van der Waals surface area contributed by atoms with Crippen LogP contribution in [0.5, 0.6) is 0 Å². The van der Waals surface area contributed by atoms with Crippen LogP contribution in [-0.2, 0) is 25.9 Å². The minimum Gasteiger partial charge on any atom is -0.339 e. The molecule has 6 heterocycles. The van der Waals surface area contributed by atoms with Gasteiger partial charge in [0.15, 0.2) is 0 Å². The van der Waals surface area contributed by atoms with Crippen molar-refractivity contribution in [3.63, 3.8) is 0 Å². The molecule has 0 bridgehead atoms. The monoisotopic (exact) mass is 906 g/mol. The number of benzene rings is 2. The first-order valence-electron chi connectivity index (χ1n) is 23.8. The minimum absolute atomic E-state index is 0.181. The third kappa shape index (κ3) is 9.60.